The van der Waals surface area contributed by atoms with Crippen LogP contribution in [-0.4, -0.2) is 25.0 Å². The van der Waals surface area contributed by atoms with Gasteiger partial charge in [-0.3, -0.25) is 4.79 Å². The van der Waals surface area contributed by atoms with Crippen LogP contribution in [0.25, 0.3) is 0 Å². The van der Waals surface area contributed by atoms with Crippen molar-refractivity contribution < 1.29 is 4.79 Å². The molecule has 1 aliphatic heterocycles. The summed E-state index contributed by atoms with van der Waals surface area (Å²) in [7, 11) is 0. The Morgan fingerprint density at radius 2 is 2.05 bits per heavy atom. The number of carbonyl (C=O) groups excluding carboxylic acids is 1. The minimum absolute atomic E-state index is 0.0665. The molecule has 19 heavy (non-hydrogen) atoms. The molecule has 2 atom stereocenters. The molecule has 2 N–H and O–H groups in total. The summed E-state index contributed by atoms with van der Waals surface area (Å²) in [5, 5.41) is 6.42. The zero-order valence-corrected chi connectivity index (χ0v) is 12.1. The van der Waals surface area contributed by atoms with Gasteiger partial charge < -0.3 is 10.6 Å². The molecule has 2 rings (SSSR count). The molecule has 1 amide bonds. The van der Waals surface area contributed by atoms with Gasteiger partial charge in [0, 0.05) is 18.0 Å². The summed E-state index contributed by atoms with van der Waals surface area (Å²) in [5.74, 6) is 0.315. The van der Waals surface area contributed by atoms with Gasteiger partial charge in [0.2, 0.25) is 5.91 Å². The molecule has 0 aliphatic carbocycles. The van der Waals surface area contributed by atoms with Gasteiger partial charge in [0.25, 0.3) is 0 Å². The van der Waals surface area contributed by atoms with Crippen LogP contribution in [0.15, 0.2) is 30.3 Å². The average Bonchev–Trinajstić information content (AvgIpc) is 2.93. The van der Waals surface area contributed by atoms with Crippen LogP contribution < -0.4 is 10.6 Å². The number of hydrogen-bond donors (Lipinski definition) is 2. The van der Waals surface area contributed by atoms with E-state index in [-0.39, 0.29) is 23.3 Å². The van der Waals surface area contributed by atoms with E-state index in [4.69, 9.17) is 0 Å². The second kappa shape index (κ2) is 5.74. The lowest BCUT2D eigenvalue weighted by Gasteiger charge is -2.33. The smallest absolute Gasteiger partial charge is 0.224 e. The second-order valence-corrected chi connectivity index (χ2v) is 6.01. The average molecular weight is 260 g/mol. The molecule has 0 bridgehead atoms. The quantitative estimate of drug-likeness (QED) is 0.870. The number of rotatable bonds is 4. The van der Waals surface area contributed by atoms with Crippen LogP contribution in [0.5, 0.6) is 0 Å². The predicted octanol–water partition coefficient (Wildman–Crippen LogP) is 2.08. The Bertz CT molecular complexity index is 422. The molecule has 1 aliphatic rings. The number of amides is 1. The molecule has 1 saturated heterocycles. The Hall–Kier alpha value is -1.35. The highest BCUT2D eigenvalue weighted by Gasteiger charge is 2.31. The van der Waals surface area contributed by atoms with E-state index in [0.717, 1.165) is 19.5 Å². The standard InChI is InChI=1S/C16H24N2O/c1-12(18-15(19)13-9-10-17-11-13)16(2,3)14-7-5-4-6-8-14/h4-8,12-13,17H,9-11H2,1-3H3,(H,18,19). The fourth-order valence-electron chi connectivity index (χ4n) is 2.51. The van der Waals surface area contributed by atoms with Gasteiger partial charge in [0.1, 0.15) is 0 Å². The molecule has 3 heteroatoms. The fraction of sp³-hybridized carbons (Fsp3) is 0.562. The van der Waals surface area contributed by atoms with E-state index in [1.54, 1.807) is 0 Å². The first-order chi connectivity index (χ1) is 9.01. The van der Waals surface area contributed by atoms with Gasteiger partial charge in [-0.1, -0.05) is 44.2 Å². The summed E-state index contributed by atoms with van der Waals surface area (Å²) in [6.45, 7) is 8.21. The Morgan fingerprint density at radius 3 is 2.63 bits per heavy atom. The molecule has 1 aromatic carbocycles. The van der Waals surface area contributed by atoms with Crippen LogP contribution in [0.4, 0.5) is 0 Å². The van der Waals surface area contributed by atoms with Gasteiger partial charge in [-0.05, 0) is 25.5 Å². The lowest BCUT2D eigenvalue weighted by molar-refractivity contribution is -0.125. The topological polar surface area (TPSA) is 41.1 Å². The van der Waals surface area contributed by atoms with E-state index in [0.29, 0.717) is 0 Å². The van der Waals surface area contributed by atoms with Crippen molar-refractivity contribution in [2.45, 2.75) is 38.6 Å². The minimum atomic E-state index is -0.0665. The first-order valence-electron chi connectivity index (χ1n) is 7.08. The predicted molar refractivity (Wildman–Crippen MR) is 78.0 cm³/mol. The van der Waals surface area contributed by atoms with Crippen molar-refractivity contribution in [2.24, 2.45) is 5.92 Å². The van der Waals surface area contributed by atoms with Crippen LogP contribution in [0.2, 0.25) is 0 Å². The van der Waals surface area contributed by atoms with Gasteiger partial charge in [0.05, 0.1) is 5.92 Å². The van der Waals surface area contributed by atoms with Crippen molar-refractivity contribution in [3.63, 3.8) is 0 Å². The maximum atomic E-state index is 12.2. The normalized spacial score (nSPS) is 21.1. The molecule has 3 nitrogen and oxygen atoms in total. The highest BCUT2D eigenvalue weighted by molar-refractivity contribution is 5.79. The minimum Gasteiger partial charge on any atom is -0.352 e. The highest BCUT2D eigenvalue weighted by atomic mass is 16.2. The SMILES string of the molecule is CC(NC(=O)C1CCNC1)C(C)(C)c1ccccc1. The highest BCUT2D eigenvalue weighted by Crippen LogP contribution is 2.27. The van der Waals surface area contributed by atoms with Crippen LogP contribution in [0.1, 0.15) is 32.8 Å². The van der Waals surface area contributed by atoms with Gasteiger partial charge in [0.15, 0.2) is 0 Å². The third-order valence-corrected chi connectivity index (χ3v) is 4.39. The zero-order chi connectivity index (χ0) is 13.9. The largest absolute Gasteiger partial charge is 0.352 e. The molecule has 104 valence electrons. The van der Waals surface area contributed by atoms with Crippen LogP contribution >= 0.6 is 0 Å². The van der Waals surface area contributed by atoms with Crippen molar-refractivity contribution >= 4 is 5.91 Å². The van der Waals surface area contributed by atoms with Crippen molar-refractivity contribution in [3.05, 3.63) is 35.9 Å². The fourth-order valence-corrected chi connectivity index (χ4v) is 2.51. The molecule has 0 radical (unpaired) electrons. The van der Waals surface area contributed by atoms with Crippen molar-refractivity contribution in [1.82, 2.24) is 10.6 Å². The lowest BCUT2D eigenvalue weighted by atomic mass is 9.78. The summed E-state index contributed by atoms with van der Waals surface area (Å²) in [4.78, 5) is 12.2. The number of nitrogens with one attached hydrogen (secondary N) is 2. The second-order valence-electron chi connectivity index (χ2n) is 6.01. The van der Waals surface area contributed by atoms with E-state index < -0.39 is 0 Å². The van der Waals surface area contributed by atoms with E-state index in [9.17, 15) is 4.79 Å². The summed E-state index contributed by atoms with van der Waals surface area (Å²) < 4.78 is 0. The van der Waals surface area contributed by atoms with E-state index in [1.807, 2.05) is 18.2 Å². The van der Waals surface area contributed by atoms with Gasteiger partial charge in [-0.25, -0.2) is 0 Å². The molecule has 0 saturated carbocycles. The molecular weight excluding hydrogens is 236 g/mol. The first-order valence-corrected chi connectivity index (χ1v) is 7.08. The lowest BCUT2D eigenvalue weighted by Crippen LogP contribution is -2.47. The molecule has 1 heterocycles. The van der Waals surface area contributed by atoms with Crippen molar-refractivity contribution in [2.75, 3.05) is 13.1 Å². The van der Waals surface area contributed by atoms with Crippen molar-refractivity contribution in [3.8, 4) is 0 Å². The maximum absolute atomic E-state index is 12.2. The van der Waals surface area contributed by atoms with E-state index in [2.05, 4.69) is 43.5 Å². The van der Waals surface area contributed by atoms with Gasteiger partial charge in [-0.2, -0.15) is 0 Å². The Labute approximate surface area is 115 Å². The van der Waals surface area contributed by atoms with E-state index >= 15 is 0 Å². The van der Waals surface area contributed by atoms with Crippen LogP contribution in [0, 0.1) is 5.92 Å². The number of hydrogen-bond acceptors (Lipinski definition) is 2. The molecule has 0 aromatic heterocycles. The maximum Gasteiger partial charge on any atom is 0.224 e. The molecule has 1 fully saturated rings. The Kier molecular flexibility index (Phi) is 4.25. The van der Waals surface area contributed by atoms with Gasteiger partial charge in [-0.15, -0.1) is 0 Å². The Balaban J connectivity index is 2.02. The number of carbonyl (C=O) groups is 1. The summed E-state index contributed by atoms with van der Waals surface area (Å²) in [5.41, 5.74) is 1.19. The summed E-state index contributed by atoms with van der Waals surface area (Å²) in [6.07, 6.45) is 0.949. The third-order valence-electron chi connectivity index (χ3n) is 4.39. The Morgan fingerprint density at radius 1 is 1.37 bits per heavy atom. The van der Waals surface area contributed by atoms with Crippen molar-refractivity contribution in [1.29, 1.82) is 0 Å². The monoisotopic (exact) mass is 260 g/mol. The van der Waals surface area contributed by atoms with Gasteiger partial charge >= 0.3 is 0 Å². The first kappa shape index (κ1) is 14.1. The summed E-state index contributed by atoms with van der Waals surface area (Å²) >= 11 is 0. The molecular formula is C16H24N2O. The molecule has 2 unspecified atom stereocenters. The van der Waals surface area contributed by atoms with E-state index in [1.165, 1.54) is 5.56 Å². The molecule has 1 aromatic rings. The third kappa shape index (κ3) is 3.16. The zero-order valence-electron chi connectivity index (χ0n) is 12.1. The molecule has 0 spiro atoms. The van der Waals surface area contributed by atoms with Crippen LogP contribution in [0.3, 0.4) is 0 Å². The van der Waals surface area contributed by atoms with Crippen LogP contribution in [-0.2, 0) is 10.2 Å². The summed E-state index contributed by atoms with van der Waals surface area (Å²) in [6, 6.07) is 10.5. The number of benzene rings is 1.